The van der Waals surface area contributed by atoms with Crippen LogP contribution in [0, 0.1) is 5.92 Å². The van der Waals surface area contributed by atoms with Gasteiger partial charge < -0.3 is 19.7 Å². The van der Waals surface area contributed by atoms with Crippen molar-refractivity contribution in [3.05, 3.63) is 22.7 Å². The molecule has 1 N–H and O–H groups in total. The number of halogens is 1. The number of anilines is 1. The summed E-state index contributed by atoms with van der Waals surface area (Å²) in [7, 11) is 0. The second-order valence-corrected chi connectivity index (χ2v) is 8.42. The van der Waals surface area contributed by atoms with E-state index in [0.29, 0.717) is 18.6 Å². The lowest BCUT2D eigenvalue weighted by atomic mass is 9.89. The molecular weight excluding hydrogens is 372 g/mol. The molecule has 2 heterocycles. The highest BCUT2D eigenvalue weighted by molar-refractivity contribution is 9.10. The average molecular weight is 397 g/mol. The zero-order valence-corrected chi connectivity index (χ0v) is 16.1. The number of carbonyl (C=O) groups excluding carboxylic acids is 1. The van der Waals surface area contributed by atoms with Gasteiger partial charge in [-0.15, -0.1) is 0 Å². The van der Waals surface area contributed by atoms with Gasteiger partial charge in [-0.2, -0.15) is 0 Å². The molecule has 3 rings (SSSR count). The molecule has 132 valence electrons. The van der Waals surface area contributed by atoms with Gasteiger partial charge in [0, 0.05) is 17.6 Å². The molecule has 24 heavy (non-hydrogen) atoms. The van der Waals surface area contributed by atoms with Crippen molar-refractivity contribution in [2.45, 2.75) is 45.3 Å². The number of nitrogens with one attached hydrogen (secondary N) is 1. The normalized spacial score (nSPS) is 21.5. The third-order valence-electron chi connectivity index (χ3n) is 4.46. The number of hydrogen-bond donors (Lipinski definition) is 1. The van der Waals surface area contributed by atoms with Crippen molar-refractivity contribution in [2.75, 3.05) is 25.0 Å². The number of carbonyl (C=O) groups is 1. The summed E-state index contributed by atoms with van der Waals surface area (Å²) in [6.07, 6.45) is 1.72. The van der Waals surface area contributed by atoms with E-state index in [1.165, 1.54) is 0 Å². The average Bonchev–Trinajstić information content (AvgIpc) is 2.53. The largest absolute Gasteiger partial charge is 0.489 e. The minimum Gasteiger partial charge on any atom is -0.489 e. The maximum atomic E-state index is 12.2. The Labute approximate surface area is 151 Å². The zero-order chi connectivity index (χ0) is 17.3. The van der Waals surface area contributed by atoms with Crippen LogP contribution < -0.4 is 10.1 Å². The van der Waals surface area contributed by atoms with Crippen LogP contribution in [-0.2, 0) is 4.74 Å². The van der Waals surface area contributed by atoms with Crippen LogP contribution in [0.5, 0.6) is 5.75 Å². The maximum Gasteiger partial charge on any atom is 0.410 e. The summed E-state index contributed by atoms with van der Waals surface area (Å²) in [6, 6.07) is 6.34. The topological polar surface area (TPSA) is 50.8 Å². The molecule has 1 aromatic rings. The van der Waals surface area contributed by atoms with E-state index in [4.69, 9.17) is 9.47 Å². The van der Waals surface area contributed by atoms with E-state index in [1.54, 1.807) is 0 Å². The number of fused-ring (bicyclic) bond motifs is 1. The molecule has 1 aromatic carbocycles. The van der Waals surface area contributed by atoms with Crippen molar-refractivity contribution in [1.82, 2.24) is 4.90 Å². The van der Waals surface area contributed by atoms with Crippen LogP contribution in [0.25, 0.3) is 0 Å². The summed E-state index contributed by atoms with van der Waals surface area (Å²) in [5.74, 6) is 1.40. The molecule has 1 unspecified atom stereocenters. The van der Waals surface area contributed by atoms with E-state index in [9.17, 15) is 4.79 Å². The first-order valence-corrected chi connectivity index (χ1v) is 9.28. The molecule has 2 aliphatic heterocycles. The first-order chi connectivity index (χ1) is 11.3. The van der Waals surface area contributed by atoms with Gasteiger partial charge in [0.2, 0.25) is 0 Å². The molecule has 2 aliphatic rings. The van der Waals surface area contributed by atoms with E-state index < -0.39 is 5.60 Å². The van der Waals surface area contributed by atoms with Gasteiger partial charge in [0.05, 0.1) is 11.7 Å². The van der Waals surface area contributed by atoms with Gasteiger partial charge in [-0.3, -0.25) is 0 Å². The number of benzene rings is 1. The Morgan fingerprint density at radius 3 is 2.71 bits per heavy atom. The molecule has 0 aliphatic carbocycles. The highest BCUT2D eigenvalue weighted by atomic mass is 79.9. The fraction of sp³-hybridized carbons (Fsp3) is 0.611. The molecule has 5 nitrogen and oxygen atoms in total. The number of amides is 1. The Kier molecular flexibility index (Phi) is 4.95. The maximum absolute atomic E-state index is 12.2. The number of ether oxygens (including phenoxy) is 2. The van der Waals surface area contributed by atoms with Crippen LogP contribution >= 0.6 is 15.9 Å². The SMILES string of the molecule is CC(C)(C)OC(=O)N1CCC(C2COc3cc(Br)ccc3N2)CC1. The Morgan fingerprint density at radius 1 is 1.33 bits per heavy atom. The van der Waals surface area contributed by atoms with Gasteiger partial charge in [-0.25, -0.2) is 4.79 Å². The molecule has 1 amide bonds. The number of rotatable bonds is 1. The van der Waals surface area contributed by atoms with Crippen molar-refractivity contribution in [3.63, 3.8) is 0 Å². The predicted molar refractivity (Wildman–Crippen MR) is 97.6 cm³/mol. The summed E-state index contributed by atoms with van der Waals surface area (Å²) in [6.45, 7) is 7.85. The van der Waals surface area contributed by atoms with E-state index in [2.05, 4.69) is 21.2 Å². The van der Waals surface area contributed by atoms with Gasteiger partial charge >= 0.3 is 6.09 Å². The summed E-state index contributed by atoms with van der Waals surface area (Å²) in [4.78, 5) is 14.0. The van der Waals surface area contributed by atoms with Crippen LogP contribution in [-0.4, -0.2) is 42.3 Å². The van der Waals surface area contributed by atoms with Gasteiger partial charge in [0.1, 0.15) is 18.0 Å². The quantitative estimate of drug-likeness (QED) is 0.769. The van der Waals surface area contributed by atoms with E-state index in [0.717, 1.165) is 41.8 Å². The van der Waals surface area contributed by atoms with Crippen molar-refractivity contribution in [1.29, 1.82) is 0 Å². The number of piperidine rings is 1. The van der Waals surface area contributed by atoms with E-state index in [1.807, 2.05) is 43.9 Å². The Balaban J connectivity index is 1.54. The fourth-order valence-corrected chi connectivity index (χ4v) is 3.56. The second-order valence-electron chi connectivity index (χ2n) is 7.51. The van der Waals surface area contributed by atoms with Crippen LogP contribution in [0.3, 0.4) is 0 Å². The fourth-order valence-electron chi connectivity index (χ4n) is 3.22. The number of likely N-dealkylation sites (tertiary alicyclic amines) is 1. The molecule has 0 bridgehead atoms. The molecule has 0 aromatic heterocycles. The molecule has 1 fully saturated rings. The van der Waals surface area contributed by atoms with Crippen molar-refractivity contribution >= 4 is 27.7 Å². The van der Waals surface area contributed by atoms with E-state index in [-0.39, 0.29) is 6.09 Å². The Hall–Kier alpha value is -1.43. The Bertz CT molecular complexity index is 607. The molecule has 1 saturated heterocycles. The molecule has 0 spiro atoms. The molecule has 0 saturated carbocycles. The lowest BCUT2D eigenvalue weighted by Gasteiger charge is -2.39. The predicted octanol–water partition coefficient (Wildman–Crippen LogP) is 4.27. The minimum atomic E-state index is -0.440. The smallest absolute Gasteiger partial charge is 0.410 e. The highest BCUT2D eigenvalue weighted by Gasteiger charge is 2.32. The monoisotopic (exact) mass is 396 g/mol. The van der Waals surface area contributed by atoms with Crippen molar-refractivity contribution in [2.24, 2.45) is 5.92 Å². The lowest BCUT2D eigenvalue weighted by Crippen LogP contribution is -2.47. The first-order valence-electron chi connectivity index (χ1n) is 8.49. The standard InChI is InChI=1S/C18H25BrN2O3/c1-18(2,3)24-17(22)21-8-6-12(7-9-21)15-11-23-16-10-13(19)4-5-14(16)20-15/h4-5,10,12,15,20H,6-9,11H2,1-3H3. The lowest BCUT2D eigenvalue weighted by molar-refractivity contribution is 0.0170. The van der Waals surface area contributed by atoms with Crippen molar-refractivity contribution in [3.8, 4) is 5.75 Å². The number of hydrogen-bond acceptors (Lipinski definition) is 4. The third kappa shape index (κ3) is 4.15. The molecule has 0 radical (unpaired) electrons. The zero-order valence-electron chi connectivity index (χ0n) is 14.5. The summed E-state index contributed by atoms with van der Waals surface area (Å²) in [5.41, 5.74) is 0.606. The van der Waals surface area contributed by atoms with Gasteiger partial charge in [-0.1, -0.05) is 15.9 Å². The number of nitrogens with zero attached hydrogens (tertiary/aromatic N) is 1. The van der Waals surface area contributed by atoms with Gasteiger partial charge in [0.25, 0.3) is 0 Å². The summed E-state index contributed by atoms with van der Waals surface area (Å²) < 4.78 is 12.4. The van der Waals surface area contributed by atoms with Crippen LogP contribution in [0.1, 0.15) is 33.6 Å². The molecule has 6 heteroatoms. The van der Waals surface area contributed by atoms with Crippen LogP contribution in [0.4, 0.5) is 10.5 Å². The molecular formula is C18H25BrN2O3. The summed E-state index contributed by atoms with van der Waals surface area (Å²) in [5, 5.41) is 3.60. The second kappa shape index (κ2) is 6.82. The Morgan fingerprint density at radius 2 is 2.04 bits per heavy atom. The van der Waals surface area contributed by atoms with Crippen molar-refractivity contribution < 1.29 is 14.3 Å². The first kappa shape index (κ1) is 17.4. The summed E-state index contributed by atoms with van der Waals surface area (Å²) >= 11 is 3.47. The van der Waals surface area contributed by atoms with Crippen LogP contribution in [0.15, 0.2) is 22.7 Å². The van der Waals surface area contributed by atoms with E-state index >= 15 is 0 Å². The van der Waals surface area contributed by atoms with Gasteiger partial charge in [0.15, 0.2) is 0 Å². The minimum absolute atomic E-state index is 0.205. The van der Waals surface area contributed by atoms with Gasteiger partial charge in [-0.05, 0) is 57.7 Å². The molecule has 1 atom stereocenters. The third-order valence-corrected chi connectivity index (χ3v) is 4.96. The highest BCUT2D eigenvalue weighted by Crippen LogP contribution is 2.35. The van der Waals surface area contributed by atoms with Crippen LogP contribution in [0.2, 0.25) is 0 Å².